The van der Waals surface area contributed by atoms with Gasteiger partial charge in [-0.15, -0.1) is 12.4 Å². The van der Waals surface area contributed by atoms with E-state index < -0.39 is 10.0 Å². The molecule has 1 saturated heterocycles. The molecule has 0 spiro atoms. The van der Waals surface area contributed by atoms with Crippen molar-refractivity contribution in [1.29, 1.82) is 0 Å². The van der Waals surface area contributed by atoms with Gasteiger partial charge in [0.05, 0.1) is 4.90 Å². The molecule has 0 radical (unpaired) electrons. The molecule has 1 aliphatic heterocycles. The van der Waals surface area contributed by atoms with E-state index in [1.165, 1.54) is 5.56 Å². The lowest BCUT2D eigenvalue weighted by Crippen LogP contribution is -2.45. The summed E-state index contributed by atoms with van der Waals surface area (Å²) in [4.78, 5) is 0.466. The standard InChI is InChI=1S/C16H26N2O2S.ClH/c1-10-11(2)13(4)16(14(5)12(10)3)21(19,20)18-15-7-6-8-17-9-15;/h15,17-18H,6-9H2,1-5H3;1H. The summed E-state index contributed by atoms with van der Waals surface area (Å²) >= 11 is 0. The van der Waals surface area contributed by atoms with Crippen LogP contribution in [0.4, 0.5) is 0 Å². The van der Waals surface area contributed by atoms with Crippen LogP contribution in [0, 0.1) is 34.6 Å². The quantitative estimate of drug-likeness (QED) is 0.884. The summed E-state index contributed by atoms with van der Waals surface area (Å²) in [5.41, 5.74) is 5.06. The molecule has 1 atom stereocenters. The number of halogens is 1. The highest BCUT2D eigenvalue weighted by Gasteiger charge is 2.26. The van der Waals surface area contributed by atoms with Crippen LogP contribution in [-0.4, -0.2) is 27.5 Å². The van der Waals surface area contributed by atoms with Crippen LogP contribution in [0.2, 0.25) is 0 Å². The smallest absolute Gasteiger partial charge is 0.241 e. The Morgan fingerprint density at radius 3 is 1.91 bits per heavy atom. The first-order valence-corrected chi connectivity index (χ1v) is 9.04. The second-order valence-electron chi connectivity index (χ2n) is 6.12. The molecule has 126 valence electrons. The molecule has 22 heavy (non-hydrogen) atoms. The summed E-state index contributed by atoms with van der Waals surface area (Å²) in [5, 5.41) is 3.24. The highest BCUT2D eigenvalue weighted by atomic mass is 35.5. The van der Waals surface area contributed by atoms with Crippen molar-refractivity contribution in [2.24, 2.45) is 0 Å². The van der Waals surface area contributed by atoms with Gasteiger partial charge in [0.25, 0.3) is 0 Å². The van der Waals surface area contributed by atoms with Gasteiger partial charge in [-0.05, 0) is 81.8 Å². The monoisotopic (exact) mass is 346 g/mol. The fourth-order valence-electron chi connectivity index (χ4n) is 3.10. The second kappa shape index (κ2) is 7.30. The summed E-state index contributed by atoms with van der Waals surface area (Å²) in [6.07, 6.45) is 1.91. The first-order valence-electron chi connectivity index (χ1n) is 7.55. The Morgan fingerprint density at radius 1 is 0.955 bits per heavy atom. The van der Waals surface area contributed by atoms with Gasteiger partial charge in [-0.2, -0.15) is 0 Å². The highest BCUT2D eigenvalue weighted by Crippen LogP contribution is 2.29. The zero-order valence-electron chi connectivity index (χ0n) is 14.0. The van der Waals surface area contributed by atoms with Crippen molar-refractivity contribution >= 4 is 22.4 Å². The van der Waals surface area contributed by atoms with Crippen molar-refractivity contribution in [3.05, 3.63) is 27.8 Å². The molecule has 0 bridgehead atoms. The third-order valence-electron chi connectivity index (χ3n) is 4.82. The zero-order chi connectivity index (χ0) is 15.8. The molecular weight excluding hydrogens is 320 g/mol. The number of hydrogen-bond acceptors (Lipinski definition) is 3. The van der Waals surface area contributed by atoms with Gasteiger partial charge < -0.3 is 5.32 Å². The maximum absolute atomic E-state index is 12.8. The molecule has 1 unspecified atom stereocenters. The maximum atomic E-state index is 12.8. The first kappa shape index (κ1) is 19.4. The molecule has 1 aromatic rings. The molecule has 4 nitrogen and oxygen atoms in total. The van der Waals surface area contributed by atoms with Crippen molar-refractivity contribution in [3.63, 3.8) is 0 Å². The molecular formula is C16H27ClN2O2S. The third kappa shape index (κ3) is 3.65. The number of benzene rings is 1. The van der Waals surface area contributed by atoms with E-state index in [-0.39, 0.29) is 18.4 Å². The number of nitrogens with one attached hydrogen (secondary N) is 2. The first-order chi connectivity index (χ1) is 9.75. The Balaban J connectivity index is 0.00000242. The normalized spacial score (nSPS) is 18.9. The molecule has 1 aromatic carbocycles. The minimum Gasteiger partial charge on any atom is -0.315 e. The summed E-state index contributed by atoms with van der Waals surface area (Å²) in [5.74, 6) is 0. The Bertz CT molecular complexity index is 622. The molecule has 0 saturated carbocycles. The van der Waals surface area contributed by atoms with Gasteiger partial charge >= 0.3 is 0 Å². The average Bonchev–Trinajstić information content (AvgIpc) is 2.43. The lowest BCUT2D eigenvalue weighted by Gasteiger charge is -2.25. The van der Waals surface area contributed by atoms with Crippen LogP contribution in [0.15, 0.2) is 4.90 Å². The van der Waals surface area contributed by atoms with Gasteiger partial charge in [0.2, 0.25) is 10.0 Å². The van der Waals surface area contributed by atoms with Crippen LogP contribution in [0.5, 0.6) is 0 Å². The van der Waals surface area contributed by atoms with Gasteiger partial charge in [-0.25, -0.2) is 13.1 Å². The van der Waals surface area contributed by atoms with Crippen LogP contribution in [0.25, 0.3) is 0 Å². The molecule has 1 fully saturated rings. The molecule has 1 aliphatic rings. The minimum atomic E-state index is -3.47. The Morgan fingerprint density at radius 2 is 1.45 bits per heavy atom. The number of rotatable bonds is 3. The van der Waals surface area contributed by atoms with Crippen molar-refractivity contribution in [3.8, 4) is 0 Å². The Kier molecular flexibility index (Phi) is 6.45. The van der Waals surface area contributed by atoms with Crippen molar-refractivity contribution in [2.45, 2.75) is 58.4 Å². The van der Waals surface area contributed by atoms with Gasteiger partial charge in [0, 0.05) is 12.6 Å². The predicted octanol–water partition coefficient (Wildman–Crippen LogP) is 2.68. The largest absolute Gasteiger partial charge is 0.315 e. The van der Waals surface area contributed by atoms with Crippen molar-refractivity contribution in [1.82, 2.24) is 10.0 Å². The minimum absolute atomic E-state index is 0. The zero-order valence-corrected chi connectivity index (χ0v) is 15.7. The number of piperidine rings is 1. The Hall–Kier alpha value is -0.620. The fraction of sp³-hybridized carbons (Fsp3) is 0.625. The van der Waals surface area contributed by atoms with Crippen molar-refractivity contribution < 1.29 is 8.42 Å². The molecule has 0 aromatic heterocycles. The summed E-state index contributed by atoms with van der Waals surface area (Å²) in [7, 11) is -3.47. The van der Waals surface area contributed by atoms with Gasteiger partial charge in [0.1, 0.15) is 0 Å². The van der Waals surface area contributed by atoms with E-state index in [2.05, 4.69) is 17.0 Å². The molecule has 6 heteroatoms. The van der Waals surface area contributed by atoms with E-state index in [0.717, 1.165) is 41.6 Å². The maximum Gasteiger partial charge on any atom is 0.241 e. The average molecular weight is 347 g/mol. The molecule has 0 aliphatic carbocycles. The second-order valence-corrected chi connectivity index (χ2v) is 7.77. The summed E-state index contributed by atoms with van der Waals surface area (Å²) < 4.78 is 28.5. The molecule has 2 rings (SSSR count). The van der Waals surface area contributed by atoms with E-state index in [1.54, 1.807) is 0 Å². The summed E-state index contributed by atoms with van der Waals surface area (Å²) in [6, 6.07) is -0.00975. The van der Waals surface area contributed by atoms with Crippen molar-refractivity contribution in [2.75, 3.05) is 13.1 Å². The fourth-order valence-corrected chi connectivity index (χ4v) is 4.97. The van der Waals surface area contributed by atoms with Gasteiger partial charge in [-0.1, -0.05) is 0 Å². The molecule has 2 N–H and O–H groups in total. The van der Waals surface area contributed by atoms with E-state index in [4.69, 9.17) is 0 Å². The predicted molar refractivity (Wildman–Crippen MR) is 93.6 cm³/mol. The van der Waals surface area contributed by atoms with Gasteiger partial charge in [-0.3, -0.25) is 0 Å². The van der Waals surface area contributed by atoms with Gasteiger partial charge in [0.15, 0.2) is 0 Å². The van der Waals surface area contributed by atoms with E-state index in [0.29, 0.717) is 11.4 Å². The summed E-state index contributed by atoms with van der Waals surface area (Å²) in [6.45, 7) is 11.5. The molecule has 1 heterocycles. The van der Waals surface area contributed by atoms with Crippen LogP contribution >= 0.6 is 12.4 Å². The highest BCUT2D eigenvalue weighted by molar-refractivity contribution is 7.89. The SMILES string of the molecule is Cc1c(C)c(C)c(S(=O)(=O)NC2CCCNC2)c(C)c1C.Cl. The van der Waals surface area contributed by atoms with Crippen LogP contribution in [-0.2, 0) is 10.0 Å². The topological polar surface area (TPSA) is 58.2 Å². The Labute approximate surface area is 140 Å². The number of sulfonamides is 1. The van der Waals surface area contributed by atoms with E-state index in [9.17, 15) is 8.42 Å². The van der Waals surface area contributed by atoms with Crippen LogP contribution in [0.1, 0.15) is 40.7 Å². The van der Waals surface area contributed by atoms with Crippen LogP contribution < -0.4 is 10.0 Å². The van der Waals surface area contributed by atoms with E-state index in [1.807, 2.05) is 27.7 Å². The lowest BCUT2D eigenvalue weighted by atomic mass is 9.95. The molecule has 0 amide bonds. The van der Waals surface area contributed by atoms with E-state index >= 15 is 0 Å². The lowest BCUT2D eigenvalue weighted by molar-refractivity contribution is 0.428. The number of hydrogen-bond donors (Lipinski definition) is 2. The third-order valence-corrected chi connectivity index (χ3v) is 6.61. The van der Waals surface area contributed by atoms with Crippen LogP contribution in [0.3, 0.4) is 0 Å².